The van der Waals surface area contributed by atoms with Crippen LogP contribution in [0.3, 0.4) is 0 Å². The second-order valence-corrected chi connectivity index (χ2v) is 6.28. The summed E-state index contributed by atoms with van der Waals surface area (Å²) in [5.41, 5.74) is 10.6. The minimum atomic E-state index is 0.152. The molecule has 0 radical (unpaired) electrons. The van der Waals surface area contributed by atoms with Gasteiger partial charge in [0.1, 0.15) is 11.6 Å². The maximum atomic E-state index is 5.93. The highest BCUT2D eigenvalue weighted by Crippen LogP contribution is 2.37. The summed E-state index contributed by atoms with van der Waals surface area (Å²) in [6, 6.07) is 14.9. The minimum Gasteiger partial charge on any atom is -0.497 e. The molecule has 0 saturated heterocycles. The highest BCUT2D eigenvalue weighted by atomic mass is 16.5. The summed E-state index contributed by atoms with van der Waals surface area (Å²) in [5, 5.41) is 6.29. The monoisotopic (exact) mass is 324 g/mol. The van der Waals surface area contributed by atoms with E-state index in [4.69, 9.17) is 10.5 Å². The number of hydrogen-bond acceptors (Lipinski definition) is 5. The van der Waals surface area contributed by atoms with Crippen LogP contribution in [0.15, 0.2) is 47.6 Å². The molecule has 2 aromatic carbocycles. The number of methoxy groups -OCH3 is 1. The van der Waals surface area contributed by atoms with Crippen molar-refractivity contribution in [2.45, 2.75) is 12.5 Å². The largest absolute Gasteiger partial charge is 0.497 e. The topological polar surface area (TPSA) is 54.1 Å². The fourth-order valence-electron chi connectivity index (χ4n) is 3.10. The van der Waals surface area contributed by atoms with Gasteiger partial charge in [0.25, 0.3) is 0 Å². The van der Waals surface area contributed by atoms with Crippen molar-refractivity contribution < 1.29 is 4.74 Å². The maximum Gasteiger partial charge on any atom is 0.122 e. The van der Waals surface area contributed by atoms with Crippen LogP contribution in [0, 0.1) is 0 Å². The fourth-order valence-corrected chi connectivity index (χ4v) is 3.10. The first-order chi connectivity index (χ1) is 11.5. The lowest BCUT2D eigenvalue weighted by molar-refractivity contribution is 0.290. The molecule has 1 atom stereocenters. The molecule has 0 aromatic heterocycles. The Morgan fingerprint density at radius 1 is 1.17 bits per heavy atom. The molecule has 5 heteroatoms. The van der Waals surface area contributed by atoms with Gasteiger partial charge in [0.05, 0.1) is 13.2 Å². The Kier molecular flexibility index (Phi) is 4.34. The first kappa shape index (κ1) is 16.2. The van der Waals surface area contributed by atoms with Crippen molar-refractivity contribution in [1.82, 2.24) is 5.01 Å². The van der Waals surface area contributed by atoms with Gasteiger partial charge < -0.3 is 15.4 Å². The number of hydrazone groups is 1. The molecule has 2 N–H and O–H groups in total. The number of rotatable bonds is 4. The average molecular weight is 324 g/mol. The van der Waals surface area contributed by atoms with Crippen LogP contribution in [0.5, 0.6) is 5.75 Å². The van der Waals surface area contributed by atoms with E-state index in [9.17, 15) is 0 Å². The molecule has 2 aromatic rings. The van der Waals surface area contributed by atoms with Gasteiger partial charge >= 0.3 is 0 Å². The third-order valence-electron chi connectivity index (χ3n) is 4.45. The average Bonchev–Trinajstić information content (AvgIpc) is 2.92. The summed E-state index contributed by atoms with van der Waals surface area (Å²) in [6.45, 7) is 0. The summed E-state index contributed by atoms with van der Waals surface area (Å²) in [7, 11) is 7.74. The maximum absolute atomic E-state index is 5.93. The molecule has 5 nitrogen and oxygen atoms in total. The first-order valence-corrected chi connectivity index (χ1v) is 8.01. The fraction of sp³-hybridized carbons (Fsp3) is 0.316. The van der Waals surface area contributed by atoms with E-state index < -0.39 is 0 Å². The van der Waals surface area contributed by atoms with E-state index in [-0.39, 0.29) is 6.04 Å². The zero-order valence-electron chi connectivity index (χ0n) is 14.7. The van der Waals surface area contributed by atoms with Gasteiger partial charge in [-0.3, -0.25) is 5.01 Å². The standard InChI is InChI=1S/C19H24N4O/c1-22(2)14-7-5-13(6-8-14)17-11-15(24-4)9-10-16(17)18-12-19(20)21-23(18)3/h5-11,18H,12H2,1-4H3,(H2,20,21). The van der Waals surface area contributed by atoms with Crippen LogP contribution in [-0.2, 0) is 0 Å². The highest BCUT2D eigenvalue weighted by Gasteiger charge is 2.26. The van der Waals surface area contributed by atoms with Gasteiger partial charge in [0.15, 0.2) is 0 Å². The van der Waals surface area contributed by atoms with Gasteiger partial charge in [-0.25, -0.2) is 0 Å². The Morgan fingerprint density at radius 3 is 2.42 bits per heavy atom. The van der Waals surface area contributed by atoms with Crippen molar-refractivity contribution in [2.24, 2.45) is 10.8 Å². The Bertz CT molecular complexity index is 752. The predicted molar refractivity (Wildman–Crippen MR) is 99.5 cm³/mol. The van der Waals surface area contributed by atoms with Gasteiger partial charge in [-0.2, -0.15) is 5.10 Å². The van der Waals surface area contributed by atoms with E-state index in [2.05, 4.69) is 46.4 Å². The molecule has 0 amide bonds. The van der Waals surface area contributed by atoms with Crippen molar-refractivity contribution in [1.29, 1.82) is 0 Å². The molecule has 126 valence electrons. The molecular formula is C19H24N4O. The first-order valence-electron chi connectivity index (χ1n) is 8.01. The van der Waals surface area contributed by atoms with Gasteiger partial charge in [0, 0.05) is 33.3 Å². The summed E-state index contributed by atoms with van der Waals surface area (Å²) in [5.74, 6) is 1.52. The molecular weight excluding hydrogens is 300 g/mol. The van der Waals surface area contributed by atoms with E-state index in [1.807, 2.05) is 32.2 Å². The molecule has 0 saturated carbocycles. The normalized spacial score (nSPS) is 16.9. The number of nitrogens with zero attached hydrogens (tertiary/aromatic N) is 3. The van der Waals surface area contributed by atoms with Gasteiger partial charge in [0.2, 0.25) is 0 Å². The second kappa shape index (κ2) is 6.43. The highest BCUT2D eigenvalue weighted by molar-refractivity contribution is 5.83. The van der Waals surface area contributed by atoms with Crippen LogP contribution in [-0.4, -0.2) is 39.1 Å². The van der Waals surface area contributed by atoms with Crippen LogP contribution < -0.4 is 15.4 Å². The van der Waals surface area contributed by atoms with Crippen molar-refractivity contribution >= 4 is 11.5 Å². The molecule has 3 rings (SSSR count). The number of anilines is 1. The van der Waals surface area contributed by atoms with Crippen LogP contribution in [0.25, 0.3) is 11.1 Å². The molecule has 1 heterocycles. The molecule has 0 aliphatic carbocycles. The third kappa shape index (κ3) is 3.02. The van der Waals surface area contributed by atoms with Gasteiger partial charge in [-0.1, -0.05) is 18.2 Å². The Morgan fingerprint density at radius 2 is 1.88 bits per heavy atom. The lowest BCUT2D eigenvalue weighted by atomic mass is 9.93. The van der Waals surface area contributed by atoms with Crippen molar-refractivity contribution in [3.63, 3.8) is 0 Å². The lowest BCUT2D eigenvalue weighted by Crippen LogP contribution is -2.15. The summed E-state index contributed by atoms with van der Waals surface area (Å²) >= 11 is 0. The number of amidine groups is 1. The van der Waals surface area contributed by atoms with Crippen LogP contribution in [0.2, 0.25) is 0 Å². The van der Waals surface area contributed by atoms with Crippen molar-refractivity contribution in [3.05, 3.63) is 48.0 Å². The lowest BCUT2D eigenvalue weighted by Gasteiger charge is -2.23. The Balaban J connectivity index is 2.05. The molecule has 0 spiro atoms. The zero-order valence-corrected chi connectivity index (χ0v) is 14.7. The summed E-state index contributed by atoms with van der Waals surface area (Å²) < 4.78 is 5.43. The van der Waals surface area contributed by atoms with E-state index >= 15 is 0 Å². The number of nitrogens with two attached hydrogens (primary N) is 1. The van der Waals surface area contributed by atoms with E-state index in [0.717, 1.165) is 23.3 Å². The summed E-state index contributed by atoms with van der Waals surface area (Å²) in [6.07, 6.45) is 0.742. The van der Waals surface area contributed by atoms with Gasteiger partial charge in [-0.05, 0) is 41.0 Å². The molecule has 0 bridgehead atoms. The van der Waals surface area contributed by atoms with Crippen LogP contribution >= 0.6 is 0 Å². The summed E-state index contributed by atoms with van der Waals surface area (Å²) in [4.78, 5) is 2.09. The molecule has 1 aliphatic rings. The number of hydrogen-bond donors (Lipinski definition) is 1. The van der Waals surface area contributed by atoms with E-state index in [1.54, 1.807) is 7.11 Å². The van der Waals surface area contributed by atoms with Crippen molar-refractivity contribution in [2.75, 3.05) is 33.2 Å². The third-order valence-corrected chi connectivity index (χ3v) is 4.45. The molecule has 24 heavy (non-hydrogen) atoms. The van der Waals surface area contributed by atoms with Crippen LogP contribution in [0.4, 0.5) is 5.69 Å². The van der Waals surface area contributed by atoms with Crippen LogP contribution in [0.1, 0.15) is 18.0 Å². The zero-order chi connectivity index (χ0) is 17.3. The smallest absolute Gasteiger partial charge is 0.122 e. The predicted octanol–water partition coefficient (Wildman–Crippen LogP) is 3.08. The second-order valence-electron chi connectivity index (χ2n) is 6.28. The number of ether oxygens (including phenoxy) is 1. The molecule has 1 unspecified atom stereocenters. The van der Waals surface area contributed by atoms with E-state index in [0.29, 0.717) is 5.84 Å². The van der Waals surface area contributed by atoms with Crippen molar-refractivity contribution in [3.8, 4) is 16.9 Å². The number of benzene rings is 2. The Hall–Kier alpha value is -2.69. The van der Waals surface area contributed by atoms with Gasteiger partial charge in [-0.15, -0.1) is 0 Å². The quantitative estimate of drug-likeness (QED) is 0.939. The van der Waals surface area contributed by atoms with E-state index in [1.165, 1.54) is 11.3 Å². The molecule has 1 aliphatic heterocycles. The minimum absolute atomic E-state index is 0.152. The Labute approximate surface area is 143 Å². The SMILES string of the molecule is COc1ccc(C2CC(N)=NN2C)c(-c2ccc(N(C)C)cc2)c1. The molecule has 0 fully saturated rings.